The Balaban J connectivity index is 2.29. The van der Waals surface area contributed by atoms with Crippen LogP contribution >= 0.6 is 15.9 Å². The van der Waals surface area contributed by atoms with Crippen molar-refractivity contribution in [3.05, 3.63) is 70.2 Å². The molecule has 0 radical (unpaired) electrons. The fourth-order valence-electron chi connectivity index (χ4n) is 2.15. The molecule has 0 spiro atoms. The molecule has 0 aliphatic rings. The highest BCUT2D eigenvalue weighted by atomic mass is 79.9. The summed E-state index contributed by atoms with van der Waals surface area (Å²) in [5.74, 6) is -0.0616. The molecule has 0 aliphatic carbocycles. The van der Waals surface area contributed by atoms with Crippen molar-refractivity contribution in [3.63, 3.8) is 0 Å². The second kappa shape index (κ2) is 5.90. The van der Waals surface area contributed by atoms with Crippen LogP contribution in [0, 0.1) is 5.41 Å². The molecule has 0 fully saturated rings. The zero-order valence-corrected chi connectivity index (χ0v) is 13.1. The summed E-state index contributed by atoms with van der Waals surface area (Å²) in [5.41, 5.74) is 0.478. The second-order valence-electron chi connectivity index (χ2n) is 5.37. The molecule has 20 heavy (non-hydrogen) atoms. The van der Waals surface area contributed by atoms with Crippen molar-refractivity contribution in [3.8, 4) is 0 Å². The van der Waals surface area contributed by atoms with Crippen molar-refractivity contribution >= 4 is 21.7 Å². The van der Waals surface area contributed by atoms with Gasteiger partial charge in [0.1, 0.15) is 0 Å². The largest absolute Gasteiger partial charge is 0.387 e. The lowest BCUT2D eigenvalue weighted by Gasteiger charge is -2.29. The first kappa shape index (κ1) is 14.9. The van der Waals surface area contributed by atoms with E-state index in [0.717, 1.165) is 10.0 Å². The summed E-state index contributed by atoms with van der Waals surface area (Å²) in [5, 5.41) is 10.5. The van der Waals surface area contributed by atoms with Gasteiger partial charge in [0.05, 0.1) is 11.5 Å². The first-order valence-corrected chi connectivity index (χ1v) is 7.25. The second-order valence-corrected chi connectivity index (χ2v) is 6.29. The van der Waals surface area contributed by atoms with E-state index in [1.54, 1.807) is 26.0 Å². The number of halogens is 1. The standard InChI is InChI=1S/C17H17BrO2/c1-17(2,15(19)12-6-4-3-5-7-12)16(20)13-8-10-14(18)11-9-13/h3-11,16,20H,1-2H3. The zero-order chi connectivity index (χ0) is 14.8. The van der Waals surface area contributed by atoms with Crippen LogP contribution < -0.4 is 0 Å². The average molecular weight is 333 g/mol. The molecule has 0 bridgehead atoms. The number of Topliss-reactive ketones (excluding diaryl/α,β-unsaturated/α-hetero) is 1. The molecule has 0 aromatic heterocycles. The maximum Gasteiger partial charge on any atom is 0.171 e. The third-order valence-corrected chi connectivity index (χ3v) is 4.02. The van der Waals surface area contributed by atoms with Crippen molar-refractivity contribution in [1.82, 2.24) is 0 Å². The highest BCUT2D eigenvalue weighted by molar-refractivity contribution is 9.10. The van der Waals surface area contributed by atoms with E-state index in [-0.39, 0.29) is 5.78 Å². The van der Waals surface area contributed by atoms with Crippen LogP contribution in [0.4, 0.5) is 0 Å². The smallest absolute Gasteiger partial charge is 0.171 e. The third kappa shape index (κ3) is 3.00. The molecule has 0 saturated heterocycles. The van der Waals surface area contributed by atoms with E-state index in [0.29, 0.717) is 5.56 Å². The van der Waals surface area contributed by atoms with Crippen LogP contribution in [-0.2, 0) is 0 Å². The summed E-state index contributed by atoms with van der Waals surface area (Å²) in [7, 11) is 0. The molecule has 1 N–H and O–H groups in total. The van der Waals surface area contributed by atoms with Crippen LogP contribution in [0.15, 0.2) is 59.1 Å². The maximum absolute atomic E-state index is 12.6. The highest BCUT2D eigenvalue weighted by Crippen LogP contribution is 2.36. The Labute approximate surface area is 127 Å². The first-order chi connectivity index (χ1) is 9.43. The number of hydrogen-bond acceptors (Lipinski definition) is 2. The van der Waals surface area contributed by atoms with Gasteiger partial charge in [0.2, 0.25) is 0 Å². The number of carbonyl (C=O) groups excluding carboxylic acids is 1. The Morgan fingerprint density at radius 3 is 2.15 bits per heavy atom. The van der Waals surface area contributed by atoms with Crippen LogP contribution in [0.25, 0.3) is 0 Å². The predicted molar refractivity (Wildman–Crippen MR) is 83.7 cm³/mol. The molecule has 0 saturated carbocycles. The summed E-state index contributed by atoms with van der Waals surface area (Å²) < 4.78 is 0.945. The van der Waals surface area contributed by atoms with Gasteiger partial charge in [-0.25, -0.2) is 0 Å². The van der Waals surface area contributed by atoms with E-state index in [4.69, 9.17) is 0 Å². The van der Waals surface area contributed by atoms with Gasteiger partial charge in [-0.2, -0.15) is 0 Å². The molecule has 2 aromatic rings. The van der Waals surface area contributed by atoms with Crippen LogP contribution in [0.2, 0.25) is 0 Å². The molecular weight excluding hydrogens is 316 g/mol. The molecule has 3 heteroatoms. The van der Waals surface area contributed by atoms with Crippen LogP contribution in [-0.4, -0.2) is 10.9 Å². The molecule has 1 atom stereocenters. The van der Waals surface area contributed by atoms with Crippen molar-refractivity contribution in [2.24, 2.45) is 5.41 Å². The fraction of sp³-hybridized carbons (Fsp3) is 0.235. The van der Waals surface area contributed by atoms with E-state index in [2.05, 4.69) is 15.9 Å². The normalized spacial score (nSPS) is 13.0. The van der Waals surface area contributed by atoms with Gasteiger partial charge in [0.25, 0.3) is 0 Å². The fourth-order valence-corrected chi connectivity index (χ4v) is 2.41. The molecule has 0 amide bonds. The summed E-state index contributed by atoms with van der Waals surface area (Å²) in [6.07, 6.45) is -0.844. The van der Waals surface area contributed by atoms with E-state index >= 15 is 0 Å². The molecule has 2 rings (SSSR count). The monoisotopic (exact) mass is 332 g/mol. The topological polar surface area (TPSA) is 37.3 Å². The average Bonchev–Trinajstić information content (AvgIpc) is 2.47. The summed E-state index contributed by atoms with van der Waals surface area (Å²) in [4.78, 5) is 12.6. The van der Waals surface area contributed by atoms with E-state index in [9.17, 15) is 9.90 Å². The van der Waals surface area contributed by atoms with E-state index in [1.807, 2.05) is 42.5 Å². The van der Waals surface area contributed by atoms with Crippen LogP contribution in [0.1, 0.15) is 35.9 Å². The summed E-state index contributed by atoms with van der Waals surface area (Å²) in [6, 6.07) is 16.5. The summed E-state index contributed by atoms with van der Waals surface area (Å²) in [6.45, 7) is 3.55. The predicted octanol–water partition coefficient (Wildman–Crippen LogP) is 4.39. The minimum Gasteiger partial charge on any atom is -0.387 e. The van der Waals surface area contributed by atoms with Crippen LogP contribution in [0.3, 0.4) is 0 Å². The SMILES string of the molecule is CC(C)(C(=O)c1ccccc1)C(O)c1ccc(Br)cc1. The Morgan fingerprint density at radius 1 is 1.05 bits per heavy atom. The van der Waals surface area contributed by atoms with E-state index in [1.165, 1.54) is 0 Å². The minimum atomic E-state index is -0.880. The Bertz CT molecular complexity index is 588. The highest BCUT2D eigenvalue weighted by Gasteiger charge is 2.37. The van der Waals surface area contributed by atoms with Crippen molar-refractivity contribution in [1.29, 1.82) is 0 Å². The van der Waals surface area contributed by atoms with Gasteiger partial charge in [-0.3, -0.25) is 4.79 Å². The van der Waals surface area contributed by atoms with Gasteiger partial charge in [-0.15, -0.1) is 0 Å². The molecule has 2 nitrogen and oxygen atoms in total. The number of benzene rings is 2. The lowest BCUT2D eigenvalue weighted by molar-refractivity contribution is 0.0388. The van der Waals surface area contributed by atoms with Gasteiger partial charge in [0.15, 0.2) is 5.78 Å². The van der Waals surface area contributed by atoms with Crippen molar-refractivity contribution in [2.75, 3.05) is 0 Å². The minimum absolute atomic E-state index is 0.0616. The van der Waals surface area contributed by atoms with Crippen molar-refractivity contribution in [2.45, 2.75) is 20.0 Å². The molecule has 1 unspecified atom stereocenters. The van der Waals surface area contributed by atoms with Crippen LogP contribution in [0.5, 0.6) is 0 Å². The quantitative estimate of drug-likeness (QED) is 0.843. The number of aliphatic hydroxyl groups excluding tert-OH is 1. The van der Waals surface area contributed by atoms with Gasteiger partial charge in [0, 0.05) is 10.0 Å². The number of rotatable bonds is 4. The maximum atomic E-state index is 12.6. The van der Waals surface area contributed by atoms with Gasteiger partial charge in [-0.05, 0) is 31.5 Å². The number of hydrogen-bond donors (Lipinski definition) is 1. The first-order valence-electron chi connectivity index (χ1n) is 6.46. The Morgan fingerprint density at radius 2 is 1.60 bits per heavy atom. The summed E-state index contributed by atoms with van der Waals surface area (Å²) >= 11 is 3.36. The third-order valence-electron chi connectivity index (χ3n) is 3.49. The zero-order valence-electron chi connectivity index (χ0n) is 11.5. The number of carbonyl (C=O) groups is 1. The van der Waals surface area contributed by atoms with Gasteiger partial charge < -0.3 is 5.11 Å². The molecular formula is C17H17BrO2. The molecule has 2 aromatic carbocycles. The lowest BCUT2D eigenvalue weighted by Crippen LogP contribution is -2.31. The van der Waals surface area contributed by atoms with Gasteiger partial charge in [-0.1, -0.05) is 58.4 Å². The van der Waals surface area contributed by atoms with Crippen molar-refractivity contribution < 1.29 is 9.90 Å². The molecule has 0 aliphatic heterocycles. The Kier molecular flexibility index (Phi) is 4.41. The Hall–Kier alpha value is -1.45. The van der Waals surface area contributed by atoms with E-state index < -0.39 is 11.5 Å². The molecule has 104 valence electrons. The number of aliphatic hydroxyl groups is 1. The molecule has 0 heterocycles. The van der Waals surface area contributed by atoms with Gasteiger partial charge >= 0.3 is 0 Å². The lowest BCUT2D eigenvalue weighted by atomic mass is 9.76. The number of ketones is 1.